The lowest BCUT2D eigenvalue weighted by Crippen LogP contribution is -2.24. The Balaban J connectivity index is 2.21. The van der Waals surface area contributed by atoms with E-state index in [0.717, 1.165) is 37.1 Å². The van der Waals surface area contributed by atoms with Crippen molar-refractivity contribution in [1.29, 1.82) is 0 Å². The SMILES string of the molecule is O=[N+]([O-])C(C=Cc1ccc(O)cc1)=C1CCNCC1. The van der Waals surface area contributed by atoms with Gasteiger partial charge in [0.2, 0.25) is 0 Å². The molecule has 1 heterocycles. The first-order valence-electron chi connectivity index (χ1n) is 6.21. The molecule has 1 aliphatic rings. The van der Waals surface area contributed by atoms with Crippen molar-refractivity contribution < 1.29 is 10.0 Å². The van der Waals surface area contributed by atoms with Gasteiger partial charge >= 0.3 is 0 Å². The maximum atomic E-state index is 11.1. The molecule has 0 saturated carbocycles. The Bertz CT molecular complexity index is 510. The molecule has 0 atom stereocenters. The highest BCUT2D eigenvalue weighted by molar-refractivity contribution is 5.53. The zero-order valence-corrected chi connectivity index (χ0v) is 10.5. The molecule has 0 bridgehead atoms. The molecule has 5 heteroatoms. The van der Waals surface area contributed by atoms with Gasteiger partial charge in [-0.15, -0.1) is 0 Å². The lowest BCUT2D eigenvalue weighted by molar-refractivity contribution is -0.420. The number of phenolic OH excluding ortho intramolecular Hbond substituents is 1. The van der Waals surface area contributed by atoms with Crippen LogP contribution in [0.3, 0.4) is 0 Å². The van der Waals surface area contributed by atoms with Crippen LogP contribution in [-0.4, -0.2) is 23.1 Å². The number of hydrogen-bond donors (Lipinski definition) is 2. The van der Waals surface area contributed by atoms with E-state index in [9.17, 15) is 15.2 Å². The number of aromatic hydroxyl groups is 1. The summed E-state index contributed by atoms with van der Waals surface area (Å²) >= 11 is 0. The van der Waals surface area contributed by atoms with E-state index in [1.165, 1.54) is 0 Å². The Morgan fingerprint density at radius 1 is 1.26 bits per heavy atom. The molecule has 1 aromatic rings. The molecule has 2 N–H and O–H groups in total. The van der Waals surface area contributed by atoms with Gasteiger partial charge in [-0.05, 0) is 49.7 Å². The van der Waals surface area contributed by atoms with E-state index in [4.69, 9.17) is 0 Å². The summed E-state index contributed by atoms with van der Waals surface area (Å²) in [4.78, 5) is 10.8. The second-order valence-electron chi connectivity index (χ2n) is 4.42. The van der Waals surface area contributed by atoms with Crippen LogP contribution >= 0.6 is 0 Å². The van der Waals surface area contributed by atoms with Gasteiger partial charge in [-0.3, -0.25) is 10.1 Å². The van der Waals surface area contributed by atoms with Crippen molar-refractivity contribution in [2.45, 2.75) is 12.8 Å². The molecule has 2 rings (SSSR count). The molecule has 0 aliphatic carbocycles. The Hall–Kier alpha value is -2.14. The molecule has 1 aliphatic heterocycles. The molecule has 19 heavy (non-hydrogen) atoms. The van der Waals surface area contributed by atoms with E-state index in [1.54, 1.807) is 36.4 Å². The van der Waals surface area contributed by atoms with Crippen LogP contribution in [0.1, 0.15) is 18.4 Å². The first-order valence-corrected chi connectivity index (χ1v) is 6.21. The molecule has 1 fully saturated rings. The van der Waals surface area contributed by atoms with Crippen molar-refractivity contribution in [2.24, 2.45) is 0 Å². The van der Waals surface area contributed by atoms with E-state index >= 15 is 0 Å². The molecule has 0 spiro atoms. The average Bonchev–Trinajstić information content (AvgIpc) is 2.42. The van der Waals surface area contributed by atoms with Crippen LogP contribution in [0, 0.1) is 10.1 Å². The summed E-state index contributed by atoms with van der Waals surface area (Å²) in [6.45, 7) is 1.58. The van der Waals surface area contributed by atoms with E-state index < -0.39 is 0 Å². The van der Waals surface area contributed by atoms with Gasteiger partial charge in [-0.25, -0.2) is 0 Å². The van der Waals surface area contributed by atoms with Gasteiger partial charge < -0.3 is 10.4 Å². The topological polar surface area (TPSA) is 75.4 Å². The molecular formula is C14H16N2O3. The van der Waals surface area contributed by atoms with Crippen molar-refractivity contribution in [2.75, 3.05) is 13.1 Å². The highest BCUT2D eigenvalue weighted by Crippen LogP contribution is 2.19. The number of nitrogens with zero attached hydrogens (tertiary/aromatic N) is 1. The molecule has 0 radical (unpaired) electrons. The zero-order chi connectivity index (χ0) is 13.7. The molecule has 0 aromatic heterocycles. The van der Waals surface area contributed by atoms with Crippen LogP contribution in [0.2, 0.25) is 0 Å². The summed E-state index contributed by atoms with van der Waals surface area (Å²) in [5.74, 6) is 0.184. The molecule has 100 valence electrons. The predicted octanol–water partition coefficient (Wildman–Crippen LogP) is 2.32. The van der Waals surface area contributed by atoms with Gasteiger partial charge in [0, 0.05) is 11.6 Å². The van der Waals surface area contributed by atoms with Crippen molar-refractivity contribution in [3.63, 3.8) is 0 Å². The monoisotopic (exact) mass is 260 g/mol. The van der Waals surface area contributed by atoms with Crippen LogP contribution in [0.4, 0.5) is 0 Å². The van der Waals surface area contributed by atoms with Gasteiger partial charge in [-0.1, -0.05) is 12.1 Å². The molecule has 0 unspecified atom stereocenters. The third kappa shape index (κ3) is 3.66. The fraction of sp³-hybridized carbons (Fsp3) is 0.286. The number of allylic oxidation sites excluding steroid dienone is 1. The van der Waals surface area contributed by atoms with Crippen LogP contribution < -0.4 is 5.32 Å². The third-order valence-corrected chi connectivity index (χ3v) is 3.09. The first kappa shape index (κ1) is 13.3. The average molecular weight is 260 g/mol. The summed E-state index contributed by atoms with van der Waals surface area (Å²) in [6.07, 6.45) is 4.69. The fourth-order valence-corrected chi connectivity index (χ4v) is 2.05. The summed E-state index contributed by atoms with van der Waals surface area (Å²) in [5, 5.41) is 23.5. The van der Waals surface area contributed by atoms with Crippen LogP contribution in [-0.2, 0) is 0 Å². The number of piperidine rings is 1. The fourth-order valence-electron chi connectivity index (χ4n) is 2.05. The first-order chi connectivity index (χ1) is 9.16. The highest BCUT2D eigenvalue weighted by Gasteiger charge is 2.17. The Morgan fingerprint density at radius 2 is 1.89 bits per heavy atom. The van der Waals surface area contributed by atoms with Crippen molar-refractivity contribution in [3.8, 4) is 5.75 Å². The Kier molecular flexibility index (Phi) is 4.30. The minimum absolute atomic E-state index is 0.184. The molecular weight excluding hydrogens is 244 g/mol. The molecule has 1 aromatic carbocycles. The van der Waals surface area contributed by atoms with E-state index in [-0.39, 0.29) is 16.4 Å². The van der Waals surface area contributed by atoms with Crippen LogP contribution in [0.25, 0.3) is 6.08 Å². The minimum Gasteiger partial charge on any atom is -0.508 e. The van der Waals surface area contributed by atoms with Crippen LogP contribution in [0.15, 0.2) is 41.6 Å². The lowest BCUT2D eigenvalue weighted by Gasteiger charge is -2.14. The third-order valence-electron chi connectivity index (χ3n) is 3.09. The van der Waals surface area contributed by atoms with Gasteiger partial charge in [0.25, 0.3) is 5.70 Å². The second-order valence-corrected chi connectivity index (χ2v) is 4.42. The van der Waals surface area contributed by atoms with Crippen LogP contribution in [0.5, 0.6) is 5.75 Å². The normalized spacial score (nSPS) is 15.7. The number of phenols is 1. The quantitative estimate of drug-likeness (QED) is 0.646. The summed E-state index contributed by atoms with van der Waals surface area (Å²) in [7, 11) is 0. The second kappa shape index (κ2) is 6.15. The van der Waals surface area contributed by atoms with Gasteiger partial charge in [-0.2, -0.15) is 0 Å². The molecule has 5 nitrogen and oxygen atoms in total. The summed E-state index contributed by atoms with van der Waals surface area (Å²) in [5.41, 5.74) is 1.90. The van der Waals surface area contributed by atoms with Gasteiger partial charge in [0.05, 0.1) is 4.92 Å². The zero-order valence-electron chi connectivity index (χ0n) is 10.5. The maximum absolute atomic E-state index is 11.1. The smallest absolute Gasteiger partial charge is 0.268 e. The number of hydrogen-bond acceptors (Lipinski definition) is 4. The minimum atomic E-state index is -0.322. The summed E-state index contributed by atoms with van der Waals surface area (Å²) < 4.78 is 0. The van der Waals surface area contributed by atoms with E-state index in [2.05, 4.69) is 5.32 Å². The maximum Gasteiger partial charge on any atom is 0.268 e. The van der Waals surface area contributed by atoms with Gasteiger partial charge in [0.1, 0.15) is 5.75 Å². The largest absolute Gasteiger partial charge is 0.508 e. The van der Waals surface area contributed by atoms with E-state index in [1.807, 2.05) is 0 Å². The summed E-state index contributed by atoms with van der Waals surface area (Å²) in [6, 6.07) is 6.55. The number of nitrogens with one attached hydrogen (secondary N) is 1. The number of benzene rings is 1. The van der Waals surface area contributed by atoms with Crippen molar-refractivity contribution in [1.82, 2.24) is 5.32 Å². The Morgan fingerprint density at radius 3 is 2.47 bits per heavy atom. The Labute approximate surface area is 111 Å². The molecule has 0 amide bonds. The number of nitro groups is 1. The van der Waals surface area contributed by atoms with Gasteiger partial charge in [0.15, 0.2) is 0 Å². The predicted molar refractivity (Wildman–Crippen MR) is 73.3 cm³/mol. The van der Waals surface area contributed by atoms with Crippen molar-refractivity contribution >= 4 is 6.08 Å². The lowest BCUT2D eigenvalue weighted by atomic mass is 10.0. The molecule has 1 saturated heterocycles. The number of rotatable bonds is 3. The van der Waals surface area contributed by atoms with E-state index in [0.29, 0.717) is 0 Å². The van der Waals surface area contributed by atoms with Crippen molar-refractivity contribution in [3.05, 3.63) is 57.3 Å². The standard InChI is InChI=1S/C14H16N2O3/c17-13-4-1-11(2-5-13)3-6-14(16(18)19)12-7-9-15-10-8-12/h1-6,15,17H,7-10H2. The highest BCUT2D eigenvalue weighted by atomic mass is 16.6.